The smallest absolute Gasteiger partial charge is 0.223 e. The Kier molecular flexibility index (Phi) is 5.27. The Morgan fingerprint density at radius 2 is 2.17 bits per heavy atom. The van der Waals surface area contributed by atoms with Crippen molar-refractivity contribution in [3.8, 4) is 0 Å². The summed E-state index contributed by atoms with van der Waals surface area (Å²) in [6, 6.07) is 1.96. The van der Waals surface area contributed by atoms with Crippen LogP contribution in [0, 0.1) is 5.92 Å². The van der Waals surface area contributed by atoms with Gasteiger partial charge in [-0.05, 0) is 6.07 Å². The molecule has 3 rings (SSSR count). The molecule has 8 heteroatoms. The number of furan rings is 1. The summed E-state index contributed by atoms with van der Waals surface area (Å²) >= 11 is 0. The fraction of sp³-hybridized carbons (Fsp3) is 0.688. The van der Waals surface area contributed by atoms with E-state index in [1.165, 1.54) is 0 Å². The summed E-state index contributed by atoms with van der Waals surface area (Å²) in [7, 11) is -3.11. The van der Waals surface area contributed by atoms with Crippen molar-refractivity contribution >= 4 is 15.7 Å². The first-order valence-electron chi connectivity index (χ1n) is 8.21. The SMILES string of the molecule is CS(=O)(=O)CCC(=O)N1C[C@@H]2CN(Cc3ccoc3)CCO[C@@H]2C1. The van der Waals surface area contributed by atoms with Crippen LogP contribution in [0.5, 0.6) is 0 Å². The van der Waals surface area contributed by atoms with Gasteiger partial charge in [0.05, 0.1) is 31.0 Å². The lowest BCUT2D eigenvalue weighted by molar-refractivity contribution is -0.130. The Balaban J connectivity index is 1.55. The fourth-order valence-electron chi connectivity index (χ4n) is 3.38. The van der Waals surface area contributed by atoms with E-state index < -0.39 is 9.84 Å². The molecule has 1 aromatic heterocycles. The highest BCUT2D eigenvalue weighted by molar-refractivity contribution is 7.90. The molecule has 2 fully saturated rings. The molecule has 2 aliphatic rings. The molecule has 3 heterocycles. The molecule has 0 bridgehead atoms. The van der Waals surface area contributed by atoms with Crippen molar-refractivity contribution in [1.29, 1.82) is 0 Å². The number of hydrogen-bond acceptors (Lipinski definition) is 6. The number of ether oxygens (including phenoxy) is 1. The van der Waals surface area contributed by atoms with Crippen LogP contribution < -0.4 is 0 Å². The highest BCUT2D eigenvalue weighted by Crippen LogP contribution is 2.25. The van der Waals surface area contributed by atoms with Gasteiger partial charge in [0.15, 0.2) is 0 Å². The van der Waals surface area contributed by atoms with Crippen molar-refractivity contribution in [3.63, 3.8) is 0 Å². The maximum Gasteiger partial charge on any atom is 0.223 e. The Bertz CT molecular complexity index is 658. The van der Waals surface area contributed by atoms with Crippen molar-refractivity contribution in [2.45, 2.75) is 19.1 Å². The number of likely N-dealkylation sites (tertiary alicyclic amines) is 1. The molecule has 0 radical (unpaired) electrons. The number of nitrogens with zero attached hydrogens (tertiary/aromatic N) is 2. The van der Waals surface area contributed by atoms with Crippen molar-refractivity contribution in [3.05, 3.63) is 24.2 Å². The van der Waals surface area contributed by atoms with E-state index in [-0.39, 0.29) is 30.1 Å². The lowest BCUT2D eigenvalue weighted by Gasteiger charge is -2.22. The molecule has 2 atom stereocenters. The van der Waals surface area contributed by atoms with Crippen LogP contribution in [0.25, 0.3) is 0 Å². The minimum atomic E-state index is -3.11. The Labute approximate surface area is 142 Å². The molecule has 0 spiro atoms. The van der Waals surface area contributed by atoms with E-state index in [2.05, 4.69) is 4.90 Å². The highest BCUT2D eigenvalue weighted by atomic mass is 32.2. The van der Waals surface area contributed by atoms with Gasteiger partial charge in [0.25, 0.3) is 0 Å². The van der Waals surface area contributed by atoms with E-state index in [9.17, 15) is 13.2 Å². The second-order valence-corrected chi connectivity index (χ2v) is 8.97. The van der Waals surface area contributed by atoms with Crippen LogP contribution in [0.2, 0.25) is 0 Å². The average molecular weight is 356 g/mol. The summed E-state index contributed by atoms with van der Waals surface area (Å²) < 4.78 is 33.5. The van der Waals surface area contributed by atoms with E-state index in [1.807, 2.05) is 6.07 Å². The number of hydrogen-bond donors (Lipinski definition) is 0. The zero-order valence-electron chi connectivity index (χ0n) is 13.9. The molecule has 0 N–H and O–H groups in total. The summed E-state index contributed by atoms with van der Waals surface area (Å²) in [5.41, 5.74) is 1.13. The van der Waals surface area contributed by atoms with Crippen LogP contribution in [0.1, 0.15) is 12.0 Å². The zero-order valence-corrected chi connectivity index (χ0v) is 14.7. The van der Waals surface area contributed by atoms with E-state index in [0.717, 1.165) is 31.5 Å². The molecule has 7 nitrogen and oxygen atoms in total. The number of sulfone groups is 1. The lowest BCUT2D eigenvalue weighted by atomic mass is 10.1. The molecule has 1 amide bonds. The van der Waals surface area contributed by atoms with Gasteiger partial charge in [-0.1, -0.05) is 0 Å². The minimum absolute atomic E-state index is 0.0431. The van der Waals surface area contributed by atoms with Gasteiger partial charge in [0.2, 0.25) is 5.91 Å². The van der Waals surface area contributed by atoms with Crippen LogP contribution in [0.15, 0.2) is 23.0 Å². The average Bonchev–Trinajstić information content (AvgIpc) is 3.11. The first-order valence-corrected chi connectivity index (χ1v) is 10.3. The monoisotopic (exact) mass is 356 g/mol. The Morgan fingerprint density at radius 3 is 2.88 bits per heavy atom. The number of amides is 1. The molecule has 0 saturated carbocycles. The third-order valence-corrected chi connectivity index (χ3v) is 5.58. The normalized spacial score (nSPS) is 25.5. The van der Waals surface area contributed by atoms with E-state index in [0.29, 0.717) is 19.7 Å². The van der Waals surface area contributed by atoms with Crippen LogP contribution in [0.3, 0.4) is 0 Å². The van der Waals surface area contributed by atoms with Crippen LogP contribution in [-0.2, 0) is 25.9 Å². The van der Waals surface area contributed by atoms with Crippen LogP contribution in [-0.4, -0.2) is 75.0 Å². The summed E-state index contributed by atoms with van der Waals surface area (Å²) in [6.07, 6.45) is 4.67. The van der Waals surface area contributed by atoms with E-state index >= 15 is 0 Å². The molecule has 0 aromatic carbocycles. The second-order valence-electron chi connectivity index (χ2n) is 6.71. The molecule has 2 aliphatic heterocycles. The van der Waals surface area contributed by atoms with Gasteiger partial charge >= 0.3 is 0 Å². The molecule has 2 saturated heterocycles. The molecule has 0 aliphatic carbocycles. The van der Waals surface area contributed by atoms with E-state index in [1.54, 1.807) is 17.4 Å². The predicted molar refractivity (Wildman–Crippen MR) is 88.1 cm³/mol. The summed E-state index contributed by atoms with van der Waals surface area (Å²) in [4.78, 5) is 16.3. The number of rotatable bonds is 5. The topological polar surface area (TPSA) is 80.1 Å². The third kappa shape index (κ3) is 4.58. The predicted octanol–water partition coefficient (Wildman–Crippen LogP) is 0.374. The van der Waals surface area contributed by atoms with Gasteiger partial charge in [-0.25, -0.2) is 8.42 Å². The largest absolute Gasteiger partial charge is 0.472 e. The van der Waals surface area contributed by atoms with Crippen molar-refractivity contribution in [2.24, 2.45) is 5.92 Å². The Hall–Kier alpha value is -1.38. The van der Waals surface area contributed by atoms with Crippen LogP contribution in [0.4, 0.5) is 0 Å². The van der Waals surface area contributed by atoms with Gasteiger partial charge in [-0.3, -0.25) is 9.69 Å². The third-order valence-electron chi connectivity index (χ3n) is 4.64. The number of carbonyl (C=O) groups is 1. The summed E-state index contributed by atoms with van der Waals surface area (Å²) in [5.74, 6) is 0.0746. The van der Waals surface area contributed by atoms with Crippen molar-refractivity contribution in [2.75, 3.05) is 44.8 Å². The molecule has 1 aromatic rings. The maximum absolute atomic E-state index is 12.2. The molecule has 0 unspecified atom stereocenters. The second kappa shape index (κ2) is 7.25. The lowest BCUT2D eigenvalue weighted by Crippen LogP contribution is -2.34. The highest BCUT2D eigenvalue weighted by Gasteiger charge is 2.38. The molecule has 134 valence electrons. The van der Waals surface area contributed by atoms with Crippen LogP contribution >= 0.6 is 0 Å². The number of fused-ring (bicyclic) bond motifs is 1. The molecular formula is C16H24N2O5S. The van der Waals surface area contributed by atoms with E-state index in [4.69, 9.17) is 9.15 Å². The quantitative estimate of drug-likeness (QED) is 0.759. The van der Waals surface area contributed by atoms with Gasteiger partial charge < -0.3 is 14.1 Å². The van der Waals surface area contributed by atoms with Gasteiger partial charge in [-0.15, -0.1) is 0 Å². The first kappa shape index (κ1) is 17.4. The summed E-state index contributed by atoms with van der Waals surface area (Å²) in [5, 5.41) is 0. The molecule has 24 heavy (non-hydrogen) atoms. The maximum atomic E-state index is 12.2. The van der Waals surface area contributed by atoms with Gasteiger partial charge in [-0.2, -0.15) is 0 Å². The van der Waals surface area contributed by atoms with Crippen molar-refractivity contribution < 1.29 is 22.4 Å². The van der Waals surface area contributed by atoms with Gasteiger partial charge in [0.1, 0.15) is 9.84 Å². The summed E-state index contributed by atoms with van der Waals surface area (Å²) in [6.45, 7) is 4.38. The zero-order chi connectivity index (χ0) is 17.2. The number of carbonyl (C=O) groups excluding carboxylic acids is 1. The standard InChI is InChI=1S/C16H24N2O5S/c1-24(20,21)7-3-16(19)18-10-14-9-17(4-6-23-15(14)11-18)8-13-2-5-22-12-13/h2,5,12,14-15H,3-4,6-11H2,1H3/t14-,15+/m0/s1. The van der Waals surface area contributed by atoms with Gasteiger partial charge in [0, 0.05) is 56.9 Å². The molecular weight excluding hydrogens is 332 g/mol. The fourth-order valence-corrected chi connectivity index (χ4v) is 3.93. The first-order chi connectivity index (χ1) is 11.4. The Morgan fingerprint density at radius 1 is 1.33 bits per heavy atom. The van der Waals surface area contributed by atoms with Crippen molar-refractivity contribution in [1.82, 2.24) is 9.80 Å². The minimum Gasteiger partial charge on any atom is -0.472 e.